The third-order valence-corrected chi connectivity index (χ3v) is 3.38. The summed E-state index contributed by atoms with van der Waals surface area (Å²) < 4.78 is 5.13. The highest BCUT2D eigenvalue weighted by Gasteiger charge is 2.34. The van der Waals surface area contributed by atoms with Crippen LogP contribution in [0.3, 0.4) is 0 Å². The average molecular weight is 310 g/mol. The summed E-state index contributed by atoms with van der Waals surface area (Å²) >= 11 is 0. The molecule has 0 spiro atoms. The van der Waals surface area contributed by atoms with Crippen LogP contribution in [0.15, 0.2) is 53.7 Å². The lowest BCUT2D eigenvalue weighted by molar-refractivity contribution is 0.0901. The summed E-state index contributed by atoms with van der Waals surface area (Å²) in [5.41, 5.74) is 16.9. The maximum Gasteiger partial charge on any atom is 0.271 e. The Bertz CT molecular complexity index is 727. The number of rotatable bonds is 5. The minimum Gasteiger partial charge on any atom is -0.447 e. The zero-order valence-electron chi connectivity index (χ0n) is 12.7. The summed E-state index contributed by atoms with van der Waals surface area (Å²) in [5, 5.41) is 3.21. The molecule has 1 atom stereocenters. The van der Waals surface area contributed by atoms with E-state index in [1.165, 1.54) is 0 Å². The molecule has 0 aliphatic heterocycles. The zero-order valence-corrected chi connectivity index (χ0v) is 12.7. The summed E-state index contributed by atoms with van der Waals surface area (Å²) in [6, 6.07) is 13.7. The average Bonchev–Trinajstić information content (AvgIpc) is 2.50. The SMILES string of the molecule is C#CC(N=O)(c1ccc(C)cc1)c1ccc(OC(N)(N)N)cc1. The fourth-order valence-electron chi connectivity index (χ4n) is 2.23. The molecule has 0 aromatic heterocycles. The number of nitroso groups, excluding NO2 is 1. The van der Waals surface area contributed by atoms with Crippen LogP contribution in [0.2, 0.25) is 0 Å². The van der Waals surface area contributed by atoms with E-state index in [1.54, 1.807) is 36.4 Å². The molecule has 0 amide bonds. The Morgan fingerprint density at radius 2 is 1.48 bits per heavy atom. The standard InChI is InChI=1S/C17H18N4O2/c1-3-16(21-22,13-6-4-12(2)5-7-13)14-8-10-15(11-9-14)23-17(18,19)20/h1,4-11H,18-20H2,2H3. The van der Waals surface area contributed by atoms with Crippen molar-refractivity contribution in [3.05, 3.63) is 70.1 Å². The third-order valence-electron chi connectivity index (χ3n) is 3.38. The molecule has 0 bridgehead atoms. The van der Waals surface area contributed by atoms with E-state index in [0.717, 1.165) is 5.56 Å². The van der Waals surface area contributed by atoms with Gasteiger partial charge in [-0.15, -0.1) is 11.3 Å². The molecule has 2 rings (SSSR count). The smallest absolute Gasteiger partial charge is 0.271 e. The van der Waals surface area contributed by atoms with Crippen LogP contribution in [0.4, 0.5) is 0 Å². The maximum atomic E-state index is 11.6. The van der Waals surface area contributed by atoms with Crippen molar-refractivity contribution in [2.24, 2.45) is 22.4 Å². The van der Waals surface area contributed by atoms with Crippen molar-refractivity contribution in [3.8, 4) is 18.1 Å². The topological polar surface area (TPSA) is 117 Å². The highest BCUT2D eigenvalue weighted by Crippen LogP contribution is 2.34. The van der Waals surface area contributed by atoms with Gasteiger partial charge in [0.2, 0.25) is 5.54 Å². The van der Waals surface area contributed by atoms with Crippen molar-refractivity contribution in [1.29, 1.82) is 0 Å². The Hall–Kier alpha value is -2.72. The van der Waals surface area contributed by atoms with Gasteiger partial charge in [-0.3, -0.25) is 17.2 Å². The number of hydrogen-bond acceptors (Lipinski definition) is 6. The van der Waals surface area contributed by atoms with Gasteiger partial charge in [0.25, 0.3) is 5.97 Å². The second-order valence-electron chi connectivity index (χ2n) is 5.29. The molecular weight excluding hydrogens is 292 g/mol. The van der Waals surface area contributed by atoms with Crippen LogP contribution >= 0.6 is 0 Å². The van der Waals surface area contributed by atoms with E-state index >= 15 is 0 Å². The van der Waals surface area contributed by atoms with E-state index in [-0.39, 0.29) is 0 Å². The molecule has 0 fully saturated rings. The van der Waals surface area contributed by atoms with Gasteiger partial charge >= 0.3 is 0 Å². The van der Waals surface area contributed by atoms with Gasteiger partial charge in [0, 0.05) is 5.56 Å². The van der Waals surface area contributed by atoms with E-state index in [9.17, 15) is 4.91 Å². The molecule has 0 saturated carbocycles. The maximum absolute atomic E-state index is 11.6. The largest absolute Gasteiger partial charge is 0.447 e. The number of aryl methyl sites for hydroxylation is 1. The monoisotopic (exact) mass is 310 g/mol. The summed E-state index contributed by atoms with van der Waals surface area (Å²) in [5.74, 6) is 1.05. The van der Waals surface area contributed by atoms with Crippen LogP contribution in [0.25, 0.3) is 0 Å². The second-order valence-corrected chi connectivity index (χ2v) is 5.29. The van der Waals surface area contributed by atoms with Crippen molar-refractivity contribution >= 4 is 0 Å². The molecule has 0 aliphatic carbocycles. The van der Waals surface area contributed by atoms with Crippen molar-refractivity contribution in [1.82, 2.24) is 0 Å². The van der Waals surface area contributed by atoms with Crippen LogP contribution in [-0.4, -0.2) is 5.97 Å². The van der Waals surface area contributed by atoms with Crippen molar-refractivity contribution in [3.63, 3.8) is 0 Å². The molecule has 6 N–H and O–H groups in total. The Balaban J connectivity index is 2.44. The Morgan fingerprint density at radius 3 is 1.87 bits per heavy atom. The molecule has 1 unspecified atom stereocenters. The lowest BCUT2D eigenvalue weighted by Gasteiger charge is -2.23. The Labute approximate surface area is 134 Å². The lowest BCUT2D eigenvalue weighted by atomic mass is 9.84. The van der Waals surface area contributed by atoms with Crippen molar-refractivity contribution in [2.75, 3.05) is 0 Å². The fraction of sp³-hybridized carbons (Fsp3) is 0.176. The Kier molecular flexibility index (Phi) is 4.48. The molecule has 0 heterocycles. The van der Waals surface area contributed by atoms with Gasteiger partial charge in [-0.05, 0) is 29.8 Å². The first-order chi connectivity index (χ1) is 10.8. The normalized spacial score (nSPS) is 13.7. The zero-order chi connectivity index (χ0) is 17.1. The highest BCUT2D eigenvalue weighted by molar-refractivity contribution is 5.48. The number of ether oxygens (including phenoxy) is 1. The van der Waals surface area contributed by atoms with Crippen molar-refractivity contribution < 1.29 is 4.74 Å². The minimum absolute atomic E-state index is 0.349. The molecule has 118 valence electrons. The van der Waals surface area contributed by atoms with E-state index in [1.807, 2.05) is 19.1 Å². The number of benzene rings is 2. The van der Waals surface area contributed by atoms with Crippen LogP contribution in [0.5, 0.6) is 5.75 Å². The molecule has 6 heteroatoms. The lowest BCUT2D eigenvalue weighted by Crippen LogP contribution is -2.62. The summed E-state index contributed by atoms with van der Waals surface area (Å²) in [6.45, 7) is 1.94. The highest BCUT2D eigenvalue weighted by atomic mass is 16.5. The fourth-order valence-corrected chi connectivity index (χ4v) is 2.23. The van der Waals surface area contributed by atoms with Crippen LogP contribution < -0.4 is 21.9 Å². The van der Waals surface area contributed by atoms with Crippen LogP contribution in [0, 0.1) is 24.2 Å². The van der Waals surface area contributed by atoms with Gasteiger partial charge < -0.3 is 4.74 Å². The quantitative estimate of drug-likeness (QED) is 0.439. The number of hydrogen-bond donors (Lipinski definition) is 3. The third kappa shape index (κ3) is 3.55. The number of nitrogens with zero attached hydrogens (tertiary/aromatic N) is 1. The predicted octanol–water partition coefficient (Wildman–Crippen LogP) is 1.50. The molecule has 0 saturated heterocycles. The summed E-state index contributed by atoms with van der Waals surface area (Å²) in [7, 11) is 0. The number of nitrogens with two attached hydrogens (primary N) is 3. The predicted molar refractivity (Wildman–Crippen MR) is 89.0 cm³/mol. The van der Waals surface area contributed by atoms with E-state index in [0.29, 0.717) is 16.9 Å². The second kappa shape index (κ2) is 6.18. The minimum atomic E-state index is -1.79. The van der Waals surface area contributed by atoms with Gasteiger partial charge in [0.1, 0.15) is 5.75 Å². The van der Waals surface area contributed by atoms with Crippen LogP contribution in [-0.2, 0) is 5.54 Å². The van der Waals surface area contributed by atoms with Crippen LogP contribution in [0.1, 0.15) is 16.7 Å². The van der Waals surface area contributed by atoms with E-state index < -0.39 is 11.5 Å². The molecule has 0 radical (unpaired) electrons. The summed E-state index contributed by atoms with van der Waals surface area (Å²) in [6.07, 6.45) is 5.63. The molecular formula is C17H18N4O2. The number of terminal acetylenes is 1. The first-order valence-corrected chi connectivity index (χ1v) is 6.86. The van der Waals surface area contributed by atoms with E-state index in [4.69, 9.17) is 28.4 Å². The van der Waals surface area contributed by atoms with E-state index in [2.05, 4.69) is 11.1 Å². The first-order valence-electron chi connectivity index (χ1n) is 6.86. The molecule has 2 aromatic carbocycles. The molecule has 2 aromatic rings. The first kappa shape index (κ1) is 16.6. The van der Waals surface area contributed by atoms with Gasteiger partial charge in [0.15, 0.2) is 0 Å². The van der Waals surface area contributed by atoms with Gasteiger partial charge in [-0.2, -0.15) is 0 Å². The molecule has 23 heavy (non-hydrogen) atoms. The molecule has 6 nitrogen and oxygen atoms in total. The van der Waals surface area contributed by atoms with Gasteiger partial charge in [-0.25, -0.2) is 0 Å². The van der Waals surface area contributed by atoms with Crippen molar-refractivity contribution in [2.45, 2.75) is 18.4 Å². The Morgan fingerprint density at radius 1 is 1.00 bits per heavy atom. The van der Waals surface area contributed by atoms with Gasteiger partial charge in [-0.1, -0.05) is 47.9 Å². The van der Waals surface area contributed by atoms with Gasteiger partial charge in [0.05, 0.1) is 0 Å². The summed E-state index contributed by atoms with van der Waals surface area (Å²) in [4.78, 5) is 11.6. The molecule has 0 aliphatic rings.